The summed E-state index contributed by atoms with van der Waals surface area (Å²) < 4.78 is 5.24. The van der Waals surface area contributed by atoms with Crippen molar-refractivity contribution >= 4 is 17.5 Å². The first-order valence-electron chi connectivity index (χ1n) is 6.77. The van der Waals surface area contributed by atoms with Gasteiger partial charge in [0.1, 0.15) is 0 Å². The Hall–Kier alpha value is -1.48. The maximum absolute atomic E-state index is 6.28. The zero-order valence-corrected chi connectivity index (χ0v) is 11.2. The fraction of sp³-hybridized carbons (Fsp3) is 0.400. The van der Waals surface area contributed by atoms with Crippen LogP contribution in [-0.4, -0.2) is 5.16 Å². The van der Waals surface area contributed by atoms with Gasteiger partial charge in [0.15, 0.2) is 0 Å². The van der Waals surface area contributed by atoms with E-state index >= 15 is 0 Å². The lowest BCUT2D eigenvalue weighted by Gasteiger charge is -2.06. The van der Waals surface area contributed by atoms with Crippen LogP contribution in [0.2, 0.25) is 5.02 Å². The molecule has 0 bridgehead atoms. The van der Waals surface area contributed by atoms with Gasteiger partial charge in [-0.05, 0) is 30.7 Å². The van der Waals surface area contributed by atoms with E-state index < -0.39 is 0 Å². The minimum absolute atomic E-state index is 0.382. The summed E-state index contributed by atoms with van der Waals surface area (Å²) in [7, 11) is 0. The molecule has 0 amide bonds. The Labute approximate surface area is 116 Å². The van der Waals surface area contributed by atoms with Gasteiger partial charge in [-0.15, -0.1) is 0 Å². The smallest absolute Gasteiger partial charge is 0.230 e. The van der Waals surface area contributed by atoms with Gasteiger partial charge in [-0.1, -0.05) is 41.4 Å². The normalized spacial score (nSPS) is 28.4. The Morgan fingerprint density at radius 1 is 1.21 bits per heavy atom. The molecule has 0 aliphatic heterocycles. The number of aromatic nitrogens is 1. The molecule has 1 aromatic heterocycles. The summed E-state index contributed by atoms with van der Waals surface area (Å²) in [5.74, 6) is 2.48. The molecule has 0 saturated heterocycles. The highest BCUT2D eigenvalue weighted by Gasteiger charge is 2.55. The Kier molecular flexibility index (Phi) is 2.39. The van der Waals surface area contributed by atoms with Gasteiger partial charge < -0.3 is 10.3 Å². The van der Waals surface area contributed by atoms with Crippen LogP contribution in [0.5, 0.6) is 0 Å². The second-order valence-corrected chi connectivity index (χ2v) is 5.98. The molecular formula is C15H15ClN2O. The molecule has 1 heterocycles. The largest absolute Gasteiger partial charge is 0.367 e. The van der Waals surface area contributed by atoms with Crippen LogP contribution in [0.15, 0.2) is 28.8 Å². The number of halogens is 1. The van der Waals surface area contributed by atoms with Crippen molar-refractivity contribution in [2.75, 3.05) is 5.73 Å². The molecule has 98 valence electrons. The highest BCUT2D eigenvalue weighted by atomic mass is 35.5. The second kappa shape index (κ2) is 4.01. The SMILES string of the molecule is Nc1onc(C2C3CCCC32)c1-c1ccccc1Cl. The first-order chi connectivity index (χ1) is 9.27. The predicted octanol–water partition coefficient (Wildman–Crippen LogP) is 4.09. The highest BCUT2D eigenvalue weighted by Crippen LogP contribution is 2.64. The van der Waals surface area contributed by atoms with E-state index in [0.717, 1.165) is 28.7 Å². The van der Waals surface area contributed by atoms with E-state index in [1.807, 2.05) is 24.3 Å². The standard InChI is InChI=1S/C15H15ClN2O/c16-11-7-2-1-4-10(11)13-14(18-19-15(13)17)12-8-5-3-6-9(8)12/h1-2,4,7-9,12H,3,5-6,17H2. The van der Waals surface area contributed by atoms with Crippen LogP contribution in [0.3, 0.4) is 0 Å². The molecule has 2 N–H and O–H groups in total. The van der Waals surface area contributed by atoms with Gasteiger partial charge in [-0.3, -0.25) is 0 Å². The molecule has 2 aliphatic carbocycles. The van der Waals surface area contributed by atoms with Crippen molar-refractivity contribution < 1.29 is 4.52 Å². The van der Waals surface area contributed by atoms with Crippen LogP contribution in [0.1, 0.15) is 30.9 Å². The zero-order valence-electron chi connectivity index (χ0n) is 10.5. The summed E-state index contributed by atoms with van der Waals surface area (Å²) in [5, 5.41) is 4.92. The summed E-state index contributed by atoms with van der Waals surface area (Å²) in [6, 6.07) is 7.74. The fourth-order valence-corrected chi connectivity index (χ4v) is 3.94. The predicted molar refractivity (Wildman–Crippen MR) is 74.9 cm³/mol. The summed E-state index contributed by atoms with van der Waals surface area (Å²) in [5.41, 5.74) is 8.83. The first kappa shape index (κ1) is 11.4. The molecule has 2 saturated carbocycles. The number of anilines is 1. The summed E-state index contributed by atoms with van der Waals surface area (Å²) in [4.78, 5) is 0. The summed E-state index contributed by atoms with van der Waals surface area (Å²) >= 11 is 6.28. The number of nitrogens with two attached hydrogens (primary N) is 1. The van der Waals surface area contributed by atoms with Crippen molar-refractivity contribution in [3.8, 4) is 11.1 Å². The van der Waals surface area contributed by atoms with Gasteiger partial charge in [0.25, 0.3) is 0 Å². The number of nitrogens with zero attached hydrogens (tertiary/aromatic N) is 1. The van der Waals surface area contributed by atoms with Crippen molar-refractivity contribution in [1.29, 1.82) is 0 Å². The number of rotatable bonds is 2. The van der Waals surface area contributed by atoms with E-state index in [1.54, 1.807) is 0 Å². The summed E-state index contributed by atoms with van der Waals surface area (Å²) in [6.07, 6.45) is 3.97. The van der Waals surface area contributed by atoms with Crippen LogP contribution in [0.25, 0.3) is 11.1 Å². The maximum Gasteiger partial charge on any atom is 0.230 e. The minimum atomic E-state index is 0.382. The Morgan fingerprint density at radius 3 is 2.68 bits per heavy atom. The molecule has 1 aromatic carbocycles. The molecular weight excluding hydrogens is 260 g/mol. The number of hydrogen-bond donors (Lipinski definition) is 1. The number of hydrogen-bond acceptors (Lipinski definition) is 3. The van der Waals surface area contributed by atoms with Crippen molar-refractivity contribution in [3.63, 3.8) is 0 Å². The van der Waals surface area contributed by atoms with E-state index in [0.29, 0.717) is 16.8 Å². The Bertz CT molecular complexity index is 627. The zero-order chi connectivity index (χ0) is 13.0. The van der Waals surface area contributed by atoms with Crippen molar-refractivity contribution in [3.05, 3.63) is 35.0 Å². The first-order valence-corrected chi connectivity index (χ1v) is 7.15. The lowest BCUT2D eigenvalue weighted by atomic mass is 9.99. The van der Waals surface area contributed by atoms with E-state index in [2.05, 4.69) is 5.16 Å². The minimum Gasteiger partial charge on any atom is -0.367 e. The van der Waals surface area contributed by atoms with E-state index in [1.165, 1.54) is 19.3 Å². The van der Waals surface area contributed by atoms with Crippen LogP contribution >= 0.6 is 11.6 Å². The monoisotopic (exact) mass is 274 g/mol. The third-order valence-corrected chi connectivity index (χ3v) is 4.94. The van der Waals surface area contributed by atoms with Crippen LogP contribution in [-0.2, 0) is 0 Å². The van der Waals surface area contributed by atoms with Gasteiger partial charge in [0, 0.05) is 16.5 Å². The lowest BCUT2D eigenvalue weighted by molar-refractivity contribution is 0.424. The lowest BCUT2D eigenvalue weighted by Crippen LogP contribution is -1.93. The average molecular weight is 275 g/mol. The Balaban J connectivity index is 1.80. The van der Waals surface area contributed by atoms with E-state index in [-0.39, 0.29) is 0 Å². The molecule has 4 heteroatoms. The van der Waals surface area contributed by atoms with Gasteiger partial charge in [-0.2, -0.15) is 0 Å². The van der Waals surface area contributed by atoms with Gasteiger partial charge >= 0.3 is 0 Å². The van der Waals surface area contributed by atoms with Crippen LogP contribution in [0.4, 0.5) is 5.88 Å². The molecule has 0 radical (unpaired) electrons. The molecule has 2 fully saturated rings. The maximum atomic E-state index is 6.28. The third kappa shape index (κ3) is 1.61. The van der Waals surface area contributed by atoms with Crippen LogP contribution < -0.4 is 5.73 Å². The number of nitrogen functional groups attached to an aromatic ring is 1. The van der Waals surface area contributed by atoms with Crippen LogP contribution in [0, 0.1) is 11.8 Å². The molecule has 2 unspecified atom stereocenters. The molecule has 0 spiro atoms. The average Bonchev–Trinajstić information content (AvgIpc) is 2.78. The third-order valence-electron chi connectivity index (χ3n) is 4.61. The molecule has 2 aromatic rings. The van der Waals surface area contributed by atoms with Gasteiger partial charge in [0.2, 0.25) is 5.88 Å². The fourth-order valence-electron chi connectivity index (χ4n) is 3.71. The van der Waals surface area contributed by atoms with Gasteiger partial charge in [-0.25, -0.2) is 0 Å². The second-order valence-electron chi connectivity index (χ2n) is 5.57. The quantitative estimate of drug-likeness (QED) is 0.897. The van der Waals surface area contributed by atoms with E-state index in [9.17, 15) is 0 Å². The van der Waals surface area contributed by atoms with Gasteiger partial charge in [0.05, 0.1) is 11.3 Å². The molecule has 2 atom stereocenters. The molecule has 19 heavy (non-hydrogen) atoms. The van der Waals surface area contributed by atoms with Crippen molar-refractivity contribution in [2.24, 2.45) is 11.8 Å². The summed E-state index contributed by atoms with van der Waals surface area (Å²) in [6.45, 7) is 0. The number of benzene rings is 1. The number of fused-ring (bicyclic) bond motifs is 1. The molecule has 3 nitrogen and oxygen atoms in total. The highest BCUT2D eigenvalue weighted by molar-refractivity contribution is 6.33. The van der Waals surface area contributed by atoms with Crippen molar-refractivity contribution in [1.82, 2.24) is 5.16 Å². The van der Waals surface area contributed by atoms with E-state index in [4.69, 9.17) is 21.9 Å². The topological polar surface area (TPSA) is 52.0 Å². The van der Waals surface area contributed by atoms with Crippen molar-refractivity contribution in [2.45, 2.75) is 25.2 Å². The Morgan fingerprint density at radius 2 is 1.95 bits per heavy atom. The molecule has 4 rings (SSSR count). The molecule has 2 aliphatic rings.